The van der Waals surface area contributed by atoms with Gasteiger partial charge >= 0.3 is 23.9 Å². The Kier molecular flexibility index (Phi) is 10.3. The van der Waals surface area contributed by atoms with E-state index in [0.29, 0.717) is 0 Å². The summed E-state index contributed by atoms with van der Waals surface area (Å²) in [7, 11) is 0. The van der Waals surface area contributed by atoms with Crippen LogP contribution in [0.2, 0.25) is 0 Å². The molecule has 0 saturated carbocycles. The van der Waals surface area contributed by atoms with Gasteiger partial charge in [0, 0.05) is 12.8 Å². The highest BCUT2D eigenvalue weighted by Gasteiger charge is 2.49. The van der Waals surface area contributed by atoms with E-state index in [1.165, 1.54) is 0 Å². The predicted octanol–water partition coefficient (Wildman–Crippen LogP) is 3.34. The standard InChI is InChI=1S/C21H36O8/c1-9-26-17(24)21(18(25)27-10-2,13-11-15(22)28-19(3,4)5)14-12-16(23)29-20(6,7)8/h9-14H2,1-8H3. The number of rotatable bonds is 10. The minimum Gasteiger partial charge on any atom is -0.465 e. The molecule has 0 radical (unpaired) electrons. The third kappa shape index (κ3) is 10.3. The second-order valence-corrected chi connectivity index (χ2v) is 8.70. The lowest BCUT2D eigenvalue weighted by atomic mass is 9.78. The van der Waals surface area contributed by atoms with Crippen LogP contribution in [-0.2, 0) is 38.1 Å². The summed E-state index contributed by atoms with van der Waals surface area (Å²) < 4.78 is 20.7. The Balaban J connectivity index is 5.64. The second-order valence-electron chi connectivity index (χ2n) is 8.70. The topological polar surface area (TPSA) is 105 Å². The van der Waals surface area contributed by atoms with Crippen molar-refractivity contribution in [1.82, 2.24) is 0 Å². The summed E-state index contributed by atoms with van der Waals surface area (Å²) in [6, 6.07) is 0. The Morgan fingerprint density at radius 3 is 1.17 bits per heavy atom. The first kappa shape index (κ1) is 26.9. The van der Waals surface area contributed by atoms with Gasteiger partial charge in [-0.05, 0) is 68.2 Å². The third-order valence-electron chi connectivity index (χ3n) is 3.68. The Morgan fingerprint density at radius 1 is 0.621 bits per heavy atom. The van der Waals surface area contributed by atoms with E-state index in [4.69, 9.17) is 18.9 Å². The summed E-state index contributed by atoms with van der Waals surface area (Å²) in [5, 5.41) is 0. The maximum atomic E-state index is 12.7. The van der Waals surface area contributed by atoms with Crippen LogP contribution in [0.1, 0.15) is 81.1 Å². The van der Waals surface area contributed by atoms with Gasteiger partial charge in [0.1, 0.15) is 11.2 Å². The van der Waals surface area contributed by atoms with Crippen LogP contribution in [-0.4, -0.2) is 48.3 Å². The van der Waals surface area contributed by atoms with Crippen molar-refractivity contribution >= 4 is 23.9 Å². The molecule has 0 amide bonds. The minimum absolute atomic E-state index is 0.0405. The minimum atomic E-state index is -1.79. The summed E-state index contributed by atoms with van der Waals surface area (Å²) >= 11 is 0. The highest BCUT2D eigenvalue weighted by atomic mass is 16.6. The van der Waals surface area contributed by atoms with E-state index in [2.05, 4.69) is 0 Å². The van der Waals surface area contributed by atoms with Crippen LogP contribution >= 0.6 is 0 Å². The number of hydrogen-bond donors (Lipinski definition) is 0. The second kappa shape index (κ2) is 11.2. The van der Waals surface area contributed by atoms with Gasteiger partial charge in [-0.2, -0.15) is 0 Å². The normalized spacial score (nSPS) is 12.1. The molecule has 0 aliphatic heterocycles. The first-order valence-corrected chi connectivity index (χ1v) is 9.95. The summed E-state index contributed by atoms with van der Waals surface area (Å²) in [6.07, 6.45) is -0.794. The summed E-state index contributed by atoms with van der Waals surface area (Å²) in [6.45, 7) is 13.6. The van der Waals surface area contributed by atoms with E-state index in [1.54, 1.807) is 55.4 Å². The predicted molar refractivity (Wildman–Crippen MR) is 106 cm³/mol. The third-order valence-corrected chi connectivity index (χ3v) is 3.68. The molecule has 8 heteroatoms. The molecule has 0 spiro atoms. The monoisotopic (exact) mass is 416 g/mol. The van der Waals surface area contributed by atoms with Gasteiger partial charge in [-0.25, -0.2) is 0 Å². The van der Waals surface area contributed by atoms with Gasteiger partial charge in [0.25, 0.3) is 0 Å². The number of carbonyl (C=O) groups is 4. The molecule has 0 aliphatic rings. The van der Waals surface area contributed by atoms with Crippen molar-refractivity contribution < 1.29 is 38.1 Å². The van der Waals surface area contributed by atoms with Crippen molar-refractivity contribution in [3.05, 3.63) is 0 Å². The maximum absolute atomic E-state index is 12.7. The molecule has 0 aromatic carbocycles. The van der Waals surface area contributed by atoms with Crippen molar-refractivity contribution in [3.63, 3.8) is 0 Å². The van der Waals surface area contributed by atoms with E-state index in [0.717, 1.165) is 0 Å². The molecule has 29 heavy (non-hydrogen) atoms. The van der Waals surface area contributed by atoms with E-state index in [9.17, 15) is 19.2 Å². The van der Waals surface area contributed by atoms with Crippen molar-refractivity contribution in [2.75, 3.05) is 13.2 Å². The zero-order valence-electron chi connectivity index (χ0n) is 19.0. The molecule has 0 fully saturated rings. The molecule has 0 rings (SSSR count). The molecule has 0 aromatic heterocycles. The van der Waals surface area contributed by atoms with Crippen LogP contribution in [0.3, 0.4) is 0 Å². The van der Waals surface area contributed by atoms with Gasteiger partial charge < -0.3 is 18.9 Å². The molecule has 0 unspecified atom stereocenters. The quantitative estimate of drug-likeness (QED) is 0.303. The van der Waals surface area contributed by atoms with E-state index < -0.39 is 40.5 Å². The smallest absolute Gasteiger partial charge is 0.323 e. The highest BCUT2D eigenvalue weighted by molar-refractivity contribution is 6.00. The van der Waals surface area contributed by atoms with Crippen molar-refractivity contribution in [3.8, 4) is 0 Å². The van der Waals surface area contributed by atoms with Gasteiger partial charge in [-0.3, -0.25) is 19.2 Å². The van der Waals surface area contributed by atoms with Crippen LogP contribution in [0.5, 0.6) is 0 Å². The van der Waals surface area contributed by atoms with Crippen LogP contribution in [0, 0.1) is 5.41 Å². The molecule has 0 aliphatic carbocycles. The number of esters is 4. The lowest BCUT2D eigenvalue weighted by Gasteiger charge is -2.29. The van der Waals surface area contributed by atoms with E-state index in [1.807, 2.05) is 0 Å². The Labute approximate surface area is 173 Å². The average Bonchev–Trinajstić information content (AvgIpc) is 2.52. The van der Waals surface area contributed by atoms with Crippen molar-refractivity contribution in [2.24, 2.45) is 5.41 Å². The van der Waals surface area contributed by atoms with Gasteiger partial charge in [0.15, 0.2) is 5.41 Å². The molecule has 0 bridgehead atoms. The SMILES string of the molecule is CCOC(=O)C(CCC(=O)OC(C)(C)C)(CCC(=O)OC(C)(C)C)C(=O)OCC. The van der Waals surface area contributed by atoms with Gasteiger partial charge in [0.05, 0.1) is 13.2 Å². The van der Waals surface area contributed by atoms with Crippen LogP contribution in [0.4, 0.5) is 0 Å². The fourth-order valence-corrected chi connectivity index (χ4v) is 2.57. The van der Waals surface area contributed by atoms with Crippen LogP contribution < -0.4 is 0 Å². The fourth-order valence-electron chi connectivity index (χ4n) is 2.57. The highest BCUT2D eigenvalue weighted by Crippen LogP contribution is 2.34. The summed E-state index contributed by atoms with van der Waals surface area (Å²) in [4.78, 5) is 49.8. The zero-order chi connectivity index (χ0) is 22.9. The summed E-state index contributed by atoms with van der Waals surface area (Å²) in [5.74, 6) is -2.78. The van der Waals surface area contributed by atoms with Gasteiger partial charge in [-0.15, -0.1) is 0 Å². The Bertz CT molecular complexity index is 528. The molecule has 8 nitrogen and oxygen atoms in total. The molecule has 0 atom stereocenters. The Morgan fingerprint density at radius 2 is 0.931 bits per heavy atom. The van der Waals surface area contributed by atoms with E-state index >= 15 is 0 Å². The van der Waals surface area contributed by atoms with E-state index in [-0.39, 0.29) is 38.9 Å². The fraction of sp³-hybridized carbons (Fsp3) is 0.810. The first-order valence-electron chi connectivity index (χ1n) is 9.95. The number of ether oxygens (including phenoxy) is 4. The number of carbonyl (C=O) groups excluding carboxylic acids is 4. The largest absolute Gasteiger partial charge is 0.465 e. The number of hydrogen-bond acceptors (Lipinski definition) is 8. The Hall–Kier alpha value is -2.12. The lowest BCUT2D eigenvalue weighted by Crippen LogP contribution is -2.43. The van der Waals surface area contributed by atoms with Crippen molar-refractivity contribution in [1.29, 1.82) is 0 Å². The lowest BCUT2D eigenvalue weighted by molar-refractivity contribution is -0.175. The molecule has 0 saturated heterocycles. The van der Waals surface area contributed by atoms with Gasteiger partial charge in [-0.1, -0.05) is 0 Å². The molecular weight excluding hydrogens is 380 g/mol. The van der Waals surface area contributed by atoms with Crippen LogP contribution in [0.15, 0.2) is 0 Å². The average molecular weight is 417 g/mol. The molecule has 168 valence electrons. The summed E-state index contributed by atoms with van der Waals surface area (Å²) in [5.41, 5.74) is -3.20. The van der Waals surface area contributed by atoms with Crippen molar-refractivity contribution in [2.45, 2.75) is 92.3 Å². The molecule has 0 heterocycles. The molecule has 0 N–H and O–H groups in total. The first-order chi connectivity index (χ1) is 13.2. The maximum Gasteiger partial charge on any atom is 0.323 e. The van der Waals surface area contributed by atoms with Crippen LogP contribution in [0.25, 0.3) is 0 Å². The molecule has 0 aromatic rings. The zero-order valence-corrected chi connectivity index (χ0v) is 19.0. The molecular formula is C21H36O8. The van der Waals surface area contributed by atoms with Gasteiger partial charge in [0.2, 0.25) is 0 Å².